The summed E-state index contributed by atoms with van der Waals surface area (Å²) < 4.78 is 51.0. The minimum absolute atomic E-state index is 0.0658. The molecule has 2 amide bonds. The zero-order valence-electron chi connectivity index (χ0n) is 21.9. The third kappa shape index (κ3) is 14.4. The van der Waals surface area contributed by atoms with E-state index in [1.165, 1.54) is 0 Å². The predicted octanol–water partition coefficient (Wildman–Crippen LogP) is 4.84. The molecule has 8 nitrogen and oxygen atoms in total. The number of likely N-dealkylation sites (tertiary alicyclic amines) is 2. The number of carbonyl (C=O) groups is 2. The summed E-state index contributed by atoms with van der Waals surface area (Å²) in [5, 5.41) is 8.97. The van der Waals surface area contributed by atoms with Gasteiger partial charge in [-0.05, 0) is 79.1 Å². The summed E-state index contributed by atoms with van der Waals surface area (Å²) in [5.41, 5.74) is -0.964. The molecule has 0 spiro atoms. The van der Waals surface area contributed by atoms with Crippen LogP contribution < -0.4 is 0 Å². The minimum Gasteiger partial charge on any atom is -0.444 e. The average Bonchev–Trinajstić information content (AvgIpc) is 2.71. The Bertz CT molecular complexity index is 645. The predicted molar refractivity (Wildman–Crippen MR) is 125 cm³/mol. The van der Waals surface area contributed by atoms with Crippen molar-refractivity contribution in [2.24, 2.45) is 11.8 Å². The normalized spacial score (nSPS) is 18.6. The molecule has 35 heavy (non-hydrogen) atoms. The molecule has 1 N–H and O–H groups in total. The number of nitrogens with zero attached hydrogens (tertiary/aromatic N) is 2. The molecule has 0 aromatic carbocycles. The number of rotatable bonds is 4. The van der Waals surface area contributed by atoms with Crippen LogP contribution in [0.25, 0.3) is 0 Å². The molecule has 2 fully saturated rings. The Hall–Kier alpha value is -1.75. The van der Waals surface area contributed by atoms with Crippen molar-refractivity contribution < 1.29 is 42.1 Å². The van der Waals surface area contributed by atoms with Crippen molar-refractivity contribution in [3.63, 3.8) is 0 Å². The van der Waals surface area contributed by atoms with Gasteiger partial charge in [-0.2, -0.15) is 13.2 Å². The van der Waals surface area contributed by atoms with E-state index >= 15 is 0 Å². The number of aliphatic hydroxyl groups is 1. The lowest BCUT2D eigenvalue weighted by molar-refractivity contribution is -0.177. The molecule has 0 aliphatic carbocycles. The fraction of sp³-hybridized carbons (Fsp3) is 0.917. The van der Waals surface area contributed by atoms with E-state index in [0.29, 0.717) is 44.9 Å². The Morgan fingerprint density at radius 1 is 0.771 bits per heavy atom. The molecule has 2 heterocycles. The Labute approximate surface area is 207 Å². The number of piperidine rings is 2. The summed E-state index contributed by atoms with van der Waals surface area (Å²) in [7, 11) is 0. The van der Waals surface area contributed by atoms with E-state index in [1.54, 1.807) is 30.6 Å². The molecule has 2 saturated heterocycles. The van der Waals surface area contributed by atoms with Crippen molar-refractivity contribution in [2.45, 2.75) is 84.6 Å². The highest BCUT2D eigenvalue weighted by Gasteiger charge is 2.30. The van der Waals surface area contributed by atoms with Crippen LogP contribution in [0.15, 0.2) is 0 Å². The van der Waals surface area contributed by atoms with Gasteiger partial charge in [0.15, 0.2) is 0 Å². The van der Waals surface area contributed by atoms with Crippen LogP contribution >= 0.6 is 0 Å². The first-order chi connectivity index (χ1) is 16.0. The first kappa shape index (κ1) is 31.3. The molecule has 206 valence electrons. The van der Waals surface area contributed by atoms with E-state index in [2.05, 4.69) is 4.74 Å². The maximum absolute atomic E-state index is 11.9. The number of hydrogen-bond acceptors (Lipinski definition) is 6. The van der Waals surface area contributed by atoms with Gasteiger partial charge in [-0.3, -0.25) is 0 Å². The lowest BCUT2D eigenvalue weighted by atomic mass is 9.98. The van der Waals surface area contributed by atoms with E-state index in [4.69, 9.17) is 14.6 Å². The first-order valence-electron chi connectivity index (χ1n) is 12.2. The number of carbonyl (C=O) groups excluding carboxylic acids is 2. The Kier molecular flexibility index (Phi) is 12.1. The number of amides is 2. The van der Waals surface area contributed by atoms with Crippen molar-refractivity contribution in [1.29, 1.82) is 0 Å². The van der Waals surface area contributed by atoms with Crippen molar-refractivity contribution in [2.75, 3.05) is 46.0 Å². The summed E-state index contributed by atoms with van der Waals surface area (Å²) in [6, 6.07) is 0. The van der Waals surface area contributed by atoms with Gasteiger partial charge in [0.25, 0.3) is 0 Å². The third-order valence-corrected chi connectivity index (χ3v) is 5.41. The molecule has 0 aromatic rings. The summed E-state index contributed by atoms with van der Waals surface area (Å²) in [4.78, 5) is 26.7. The van der Waals surface area contributed by atoms with Gasteiger partial charge in [0, 0.05) is 39.4 Å². The molecule has 0 unspecified atom stereocenters. The van der Waals surface area contributed by atoms with Gasteiger partial charge in [0.2, 0.25) is 0 Å². The fourth-order valence-corrected chi connectivity index (χ4v) is 3.57. The molecular formula is C24H43F3N2O6. The molecule has 11 heteroatoms. The second-order valence-electron chi connectivity index (χ2n) is 11.1. The van der Waals surface area contributed by atoms with Crippen molar-refractivity contribution in [3.05, 3.63) is 0 Å². The Balaban J connectivity index is 0.000000365. The minimum atomic E-state index is -4.28. The van der Waals surface area contributed by atoms with Crippen LogP contribution in [0, 0.1) is 11.8 Å². The van der Waals surface area contributed by atoms with E-state index in [0.717, 1.165) is 12.8 Å². The second-order valence-corrected chi connectivity index (χ2v) is 11.1. The number of alkyl halides is 3. The molecule has 0 atom stereocenters. The zero-order valence-corrected chi connectivity index (χ0v) is 21.9. The van der Waals surface area contributed by atoms with Crippen LogP contribution in [0.4, 0.5) is 22.8 Å². The van der Waals surface area contributed by atoms with Gasteiger partial charge < -0.3 is 29.1 Å². The summed E-state index contributed by atoms with van der Waals surface area (Å²) >= 11 is 0. The van der Waals surface area contributed by atoms with Gasteiger partial charge in [0.05, 0.1) is 0 Å². The van der Waals surface area contributed by atoms with Crippen LogP contribution in [0.2, 0.25) is 0 Å². The number of aliphatic hydroxyl groups excluding tert-OH is 1. The van der Waals surface area contributed by atoms with Crippen LogP contribution in [-0.4, -0.2) is 90.5 Å². The van der Waals surface area contributed by atoms with E-state index < -0.39 is 24.0 Å². The molecule has 0 bridgehead atoms. The van der Waals surface area contributed by atoms with Gasteiger partial charge >= 0.3 is 18.4 Å². The van der Waals surface area contributed by atoms with Crippen molar-refractivity contribution in [3.8, 4) is 0 Å². The topological polar surface area (TPSA) is 88.5 Å². The lowest BCUT2D eigenvalue weighted by Gasteiger charge is -2.33. The Morgan fingerprint density at radius 3 is 1.46 bits per heavy atom. The van der Waals surface area contributed by atoms with E-state index in [9.17, 15) is 22.8 Å². The van der Waals surface area contributed by atoms with Crippen LogP contribution in [0.5, 0.6) is 0 Å². The molecule has 2 aliphatic heterocycles. The summed E-state index contributed by atoms with van der Waals surface area (Å²) in [6.45, 7) is 12.5. The monoisotopic (exact) mass is 512 g/mol. The quantitative estimate of drug-likeness (QED) is 0.580. The highest BCUT2D eigenvalue weighted by molar-refractivity contribution is 5.68. The highest BCUT2D eigenvalue weighted by atomic mass is 19.4. The second kappa shape index (κ2) is 13.5. The van der Waals surface area contributed by atoms with Crippen LogP contribution in [0.3, 0.4) is 0 Å². The number of hydrogen-bond donors (Lipinski definition) is 1. The van der Waals surface area contributed by atoms with Crippen LogP contribution in [-0.2, 0) is 14.2 Å². The molecule has 2 aliphatic rings. The summed E-state index contributed by atoms with van der Waals surface area (Å²) in [6.07, 6.45) is -1.87. The first-order valence-corrected chi connectivity index (χ1v) is 12.2. The van der Waals surface area contributed by atoms with Crippen LogP contribution in [0.1, 0.15) is 67.2 Å². The molecule has 0 radical (unpaired) electrons. The van der Waals surface area contributed by atoms with Crippen molar-refractivity contribution >= 4 is 12.2 Å². The summed E-state index contributed by atoms with van der Waals surface area (Å²) in [5.74, 6) is 0.416. The molecule has 2 rings (SSSR count). The zero-order chi connectivity index (χ0) is 26.9. The lowest BCUT2D eigenvalue weighted by Crippen LogP contribution is -2.42. The van der Waals surface area contributed by atoms with Gasteiger partial charge in [-0.15, -0.1) is 0 Å². The Morgan fingerprint density at radius 2 is 1.14 bits per heavy atom. The largest absolute Gasteiger partial charge is 0.444 e. The average molecular weight is 513 g/mol. The molecular weight excluding hydrogens is 469 g/mol. The standard InChI is InChI=1S/C13H22F3NO3.C11H21NO3/c1-12(2,3)20-11(18)17-6-4-10(5-7-17)8-19-9-13(14,15)16;1-11(2,3)15-10(14)12-6-4-9(8-13)5-7-12/h10H,4-9H2,1-3H3;9,13H,4-8H2,1-3H3. The third-order valence-electron chi connectivity index (χ3n) is 5.41. The number of halogens is 3. The van der Waals surface area contributed by atoms with Gasteiger partial charge in [-0.25, -0.2) is 9.59 Å². The smallest absolute Gasteiger partial charge is 0.411 e. The van der Waals surface area contributed by atoms with Gasteiger partial charge in [-0.1, -0.05) is 0 Å². The highest BCUT2D eigenvalue weighted by Crippen LogP contribution is 2.22. The SMILES string of the molecule is CC(C)(C)OC(=O)N1CCC(CO)CC1.CC(C)(C)OC(=O)N1CCC(COCC(F)(F)F)CC1. The number of ether oxygens (including phenoxy) is 3. The molecule has 0 aromatic heterocycles. The fourth-order valence-electron chi connectivity index (χ4n) is 3.57. The van der Waals surface area contributed by atoms with Crippen molar-refractivity contribution in [1.82, 2.24) is 9.80 Å². The van der Waals surface area contributed by atoms with E-state index in [1.807, 2.05) is 20.8 Å². The molecule has 0 saturated carbocycles. The van der Waals surface area contributed by atoms with E-state index in [-0.39, 0.29) is 31.3 Å². The maximum Gasteiger partial charge on any atom is 0.411 e. The van der Waals surface area contributed by atoms with Gasteiger partial charge in [0.1, 0.15) is 17.8 Å². The maximum atomic E-state index is 11.9.